The number of carbonyl (C=O) groups is 2. The summed E-state index contributed by atoms with van der Waals surface area (Å²) >= 11 is 0. The molecule has 0 spiro atoms. The van der Waals surface area contributed by atoms with Gasteiger partial charge in [0.1, 0.15) is 0 Å². The largest absolute Gasteiger partial charge is 0.348 e. The number of hydrogen-bond donors (Lipinski definition) is 2. The molecule has 1 heterocycles. The SMILES string of the molecule is CC(=O)c1ccc(S(=O)(=O)NCCC(=O)NC(CN2CCN(C)CC2)c2ccccc2)cc1. The lowest BCUT2D eigenvalue weighted by molar-refractivity contribution is -0.121. The summed E-state index contributed by atoms with van der Waals surface area (Å²) in [5, 5.41) is 3.07. The molecule has 178 valence electrons. The lowest BCUT2D eigenvalue weighted by Gasteiger charge is -2.35. The van der Waals surface area contributed by atoms with Gasteiger partial charge < -0.3 is 10.2 Å². The second-order valence-corrected chi connectivity index (χ2v) is 10.1. The number of hydrogen-bond acceptors (Lipinski definition) is 6. The highest BCUT2D eigenvalue weighted by Gasteiger charge is 2.21. The molecule has 1 unspecified atom stereocenters. The molecule has 0 saturated carbocycles. The van der Waals surface area contributed by atoms with E-state index in [1.54, 1.807) is 0 Å². The van der Waals surface area contributed by atoms with Crippen molar-refractivity contribution in [3.8, 4) is 0 Å². The summed E-state index contributed by atoms with van der Waals surface area (Å²) in [6.45, 7) is 5.98. The van der Waals surface area contributed by atoms with Crippen LogP contribution in [0.3, 0.4) is 0 Å². The Hall–Kier alpha value is -2.59. The predicted molar refractivity (Wildman–Crippen MR) is 128 cm³/mol. The fraction of sp³-hybridized carbons (Fsp3) is 0.417. The van der Waals surface area contributed by atoms with E-state index in [-0.39, 0.29) is 35.6 Å². The molecule has 0 radical (unpaired) electrons. The molecule has 2 aromatic carbocycles. The smallest absolute Gasteiger partial charge is 0.240 e. The van der Waals surface area contributed by atoms with E-state index in [9.17, 15) is 18.0 Å². The minimum Gasteiger partial charge on any atom is -0.348 e. The van der Waals surface area contributed by atoms with E-state index in [0.29, 0.717) is 12.1 Å². The minimum atomic E-state index is -3.76. The first kappa shape index (κ1) is 25.0. The average Bonchev–Trinajstić information content (AvgIpc) is 2.80. The summed E-state index contributed by atoms with van der Waals surface area (Å²) in [5.41, 5.74) is 1.47. The van der Waals surface area contributed by atoms with Crippen molar-refractivity contribution in [2.75, 3.05) is 46.3 Å². The van der Waals surface area contributed by atoms with Crippen molar-refractivity contribution in [2.24, 2.45) is 0 Å². The standard InChI is InChI=1S/C24H32N4O4S/c1-19(29)20-8-10-22(11-9-20)33(31,32)25-13-12-24(30)26-23(21-6-4-3-5-7-21)18-28-16-14-27(2)15-17-28/h3-11,23,25H,12-18H2,1-2H3,(H,26,30). The van der Waals surface area contributed by atoms with Gasteiger partial charge in [-0.1, -0.05) is 42.5 Å². The normalized spacial score (nSPS) is 16.3. The number of benzene rings is 2. The molecule has 0 aromatic heterocycles. The van der Waals surface area contributed by atoms with Crippen LogP contribution in [0, 0.1) is 0 Å². The van der Waals surface area contributed by atoms with E-state index in [4.69, 9.17) is 0 Å². The summed E-state index contributed by atoms with van der Waals surface area (Å²) in [5.74, 6) is -0.347. The van der Waals surface area contributed by atoms with E-state index >= 15 is 0 Å². The lowest BCUT2D eigenvalue weighted by Crippen LogP contribution is -2.48. The zero-order valence-corrected chi connectivity index (χ0v) is 20.0. The van der Waals surface area contributed by atoms with Gasteiger partial charge in [-0.05, 0) is 31.7 Å². The second kappa shape index (κ2) is 11.5. The highest BCUT2D eigenvalue weighted by atomic mass is 32.2. The van der Waals surface area contributed by atoms with Crippen molar-refractivity contribution in [3.63, 3.8) is 0 Å². The molecule has 1 aliphatic heterocycles. The van der Waals surface area contributed by atoms with Crippen LogP contribution in [-0.4, -0.2) is 76.2 Å². The average molecular weight is 473 g/mol. The summed E-state index contributed by atoms with van der Waals surface area (Å²) in [6.07, 6.45) is 0.0246. The Morgan fingerprint density at radius 1 is 0.970 bits per heavy atom. The van der Waals surface area contributed by atoms with Crippen LogP contribution in [0.5, 0.6) is 0 Å². The van der Waals surface area contributed by atoms with Crippen LogP contribution in [0.25, 0.3) is 0 Å². The number of ketones is 1. The third kappa shape index (κ3) is 7.46. The van der Waals surface area contributed by atoms with Gasteiger partial charge in [0.15, 0.2) is 5.78 Å². The molecule has 2 N–H and O–H groups in total. The van der Waals surface area contributed by atoms with E-state index in [1.165, 1.54) is 31.2 Å². The maximum Gasteiger partial charge on any atom is 0.240 e. The number of rotatable bonds is 10. The van der Waals surface area contributed by atoms with Gasteiger partial charge in [0, 0.05) is 51.3 Å². The molecule has 1 fully saturated rings. The van der Waals surface area contributed by atoms with Gasteiger partial charge in [0.2, 0.25) is 15.9 Å². The van der Waals surface area contributed by atoms with Crippen molar-refractivity contribution in [1.29, 1.82) is 0 Å². The van der Waals surface area contributed by atoms with E-state index < -0.39 is 10.0 Å². The Bertz CT molecular complexity index is 1030. The molecule has 0 bridgehead atoms. The number of carbonyl (C=O) groups excluding carboxylic acids is 2. The Labute approximate surface area is 196 Å². The minimum absolute atomic E-state index is 0.0152. The van der Waals surface area contributed by atoms with Crippen LogP contribution in [0.15, 0.2) is 59.5 Å². The van der Waals surface area contributed by atoms with Crippen molar-refractivity contribution in [2.45, 2.75) is 24.3 Å². The van der Waals surface area contributed by atoms with E-state index in [1.807, 2.05) is 30.3 Å². The molecule has 1 atom stereocenters. The first-order valence-electron chi connectivity index (χ1n) is 11.1. The van der Waals surface area contributed by atoms with Gasteiger partial charge in [-0.25, -0.2) is 13.1 Å². The molecular formula is C24H32N4O4S. The third-order valence-corrected chi connectivity index (χ3v) is 7.27. The fourth-order valence-corrected chi connectivity index (χ4v) is 4.76. The molecule has 33 heavy (non-hydrogen) atoms. The molecular weight excluding hydrogens is 440 g/mol. The zero-order valence-electron chi connectivity index (χ0n) is 19.2. The van der Waals surface area contributed by atoms with Crippen molar-refractivity contribution >= 4 is 21.7 Å². The quantitative estimate of drug-likeness (QED) is 0.511. The predicted octanol–water partition coefficient (Wildman–Crippen LogP) is 1.66. The molecule has 9 heteroatoms. The van der Waals surface area contributed by atoms with Crippen molar-refractivity contribution < 1.29 is 18.0 Å². The number of likely N-dealkylation sites (N-methyl/N-ethyl adjacent to an activating group) is 1. The van der Waals surface area contributed by atoms with Gasteiger partial charge in [0.05, 0.1) is 10.9 Å². The highest BCUT2D eigenvalue weighted by molar-refractivity contribution is 7.89. The molecule has 2 aromatic rings. The summed E-state index contributed by atoms with van der Waals surface area (Å²) < 4.78 is 27.4. The molecule has 0 aliphatic carbocycles. The van der Waals surface area contributed by atoms with Crippen LogP contribution in [0.2, 0.25) is 0 Å². The molecule has 3 rings (SSSR count). The Morgan fingerprint density at radius 3 is 2.21 bits per heavy atom. The van der Waals surface area contributed by atoms with Crippen LogP contribution >= 0.6 is 0 Å². The van der Waals surface area contributed by atoms with Crippen LogP contribution < -0.4 is 10.0 Å². The highest BCUT2D eigenvalue weighted by Crippen LogP contribution is 2.16. The molecule has 1 saturated heterocycles. The van der Waals surface area contributed by atoms with Crippen LogP contribution in [0.1, 0.15) is 35.3 Å². The fourth-order valence-electron chi connectivity index (χ4n) is 3.73. The summed E-state index contributed by atoms with van der Waals surface area (Å²) in [4.78, 5) is 28.7. The number of sulfonamides is 1. The van der Waals surface area contributed by atoms with Gasteiger partial charge in [-0.3, -0.25) is 14.5 Å². The summed E-state index contributed by atoms with van der Waals surface area (Å²) in [7, 11) is -1.66. The van der Waals surface area contributed by atoms with Gasteiger partial charge in [-0.15, -0.1) is 0 Å². The topological polar surface area (TPSA) is 98.8 Å². The second-order valence-electron chi connectivity index (χ2n) is 8.36. The molecule has 8 nitrogen and oxygen atoms in total. The zero-order chi connectivity index (χ0) is 23.8. The van der Waals surface area contributed by atoms with Crippen LogP contribution in [0.4, 0.5) is 0 Å². The van der Waals surface area contributed by atoms with Gasteiger partial charge in [-0.2, -0.15) is 0 Å². The van der Waals surface area contributed by atoms with Crippen molar-refractivity contribution in [1.82, 2.24) is 19.8 Å². The van der Waals surface area contributed by atoms with E-state index in [2.05, 4.69) is 26.9 Å². The number of amides is 1. The maximum absolute atomic E-state index is 12.7. The molecule has 1 amide bonds. The summed E-state index contributed by atoms with van der Waals surface area (Å²) in [6, 6.07) is 15.4. The lowest BCUT2D eigenvalue weighted by atomic mass is 10.1. The first-order valence-corrected chi connectivity index (χ1v) is 12.6. The van der Waals surface area contributed by atoms with E-state index in [0.717, 1.165) is 31.7 Å². The van der Waals surface area contributed by atoms with Gasteiger partial charge in [0.25, 0.3) is 0 Å². The number of Topliss-reactive ketones (excluding diaryl/α,β-unsaturated/α-hetero) is 1. The number of piperazine rings is 1. The monoisotopic (exact) mass is 472 g/mol. The number of nitrogens with zero attached hydrogens (tertiary/aromatic N) is 2. The number of nitrogens with one attached hydrogen (secondary N) is 2. The Morgan fingerprint density at radius 2 is 1.61 bits per heavy atom. The van der Waals surface area contributed by atoms with Crippen LogP contribution in [-0.2, 0) is 14.8 Å². The Balaban J connectivity index is 1.55. The van der Waals surface area contributed by atoms with Crippen molar-refractivity contribution in [3.05, 3.63) is 65.7 Å². The third-order valence-electron chi connectivity index (χ3n) is 5.79. The first-order chi connectivity index (χ1) is 15.7. The maximum atomic E-state index is 12.7. The van der Waals surface area contributed by atoms with Gasteiger partial charge >= 0.3 is 0 Å². The molecule has 1 aliphatic rings. The Kier molecular flexibility index (Phi) is 8.74.